The van der Waals surface area contributed by atoms with Crippen LogP contribution in [0.15, 0.2) is 56.5 Å². The van der Waals surface area contributed by atoms with Gasteiger partial charge < -0.3 is 10.1 Å². The van der Waals surface area contributed by atoms with Crippen molar-refractivity contribution in [3.8, 4) is 10.4 Å². The summed E-state index contributed by atoms with van der Waals surface area (Å²) in [7, 11) is -3.74. The molecule has 0 aliphatic carbocycles. The number of hydrogen-bond acceptors (Lipinski definition) is 7. The SMILES string of the molecule is CCOC(=O)c1c(-c2cccs2)csc1NC1=NS(=O)(=O)c2ccccc21. The molecule has 4 rings (SSSR count). The summed E-state index contributed by atoms with van der Waals surface area (Å²) in [6.07, 6.45) is 0. The monoisotopic (exact) mass is 418 g/mol. The van der Waals surface area contributed by atoms with Gasteiger partial charge in [-0.05, 0) is 30.5 Å². The van der Waals surface area contributed by atoms with Gasteiger partial charge >= 0.3 is 5.97 Å². The number of ether oxygens (including phenoxy) is 1. The van der Waals surface area contributed by atoms with Gasteiger partial charge in [0, 0.05) is 21.4 Å². The highest BCUT2D eigenvalue weighted by atomic mass is 32.2. The van der Waals surface area contributed by atoms with E-state index in [-0.39, 0.29) is 17.3 Å². The van der Waals surface area contributed by atoms with Crippen molar-refractivity contribution in [2.45, 2.75) is 11.8 Å². The van der Waals surface area contributed by atoms with Crippen molar-refractivity contribution in [2.75, 3.05) is 11.9 Å². The molecule has 1 aromatic carbocycles. The van der Waals surface area contributed by atoms with E-state index in [2.05, 4.69) is 9.71 Å². The molecule has 3 heterocycles. The van der Waals surface area contributed by atoms with E-state index < -0.39 is 16.0 Å². The second-order valence-electron chi connectivity index (χ2n) is 5.59. The van der Waals surface area contributed by atoms with Crippen LogP contribution >= 0.6 is 22.7 Å². The molecule has 1 N–H and O–H groups in total. The van der Waals surface area contributed by atoms with Crippen LogP contribution in [0, 0.1) is 0 Å². The second-order valence-corrected chi connectivity index (χ2v) is 8.99. The summed E-state index contributed by atoms with van der Waals surface area (Å²) in [5.74, 6) is -0.255. The molecule has 138 valence electrons. The first-order valence-corrected chi connectivity index (χ1v) is 11.2. The quantitative estimate of drug-likeness (QED) is 0.642. The number of rotatable bonds is 4. The molecule has 0 bridgehead atoms. The molecule has 9 heteroatoms. The highest BCUT2D eigenvalue weighted by molar-refractivity contribution is 7.90. The van der Waals surface area contributed by atoms with Crippen LogP contribution in [0.1, 0.15) is 22.8 Å². The molecule has 0 saturated carbocycles. The smallest absolute Gasteiger partial charge is 0.341 e. The molecule has 0 spiro atoms. The molecule has 0 unspecified atom stereocenters. The Morgan fingerprint density at radius 1 is 1.15 bits per heavy atom. The van der Waals surface area contributed by atoms with Crippen molar-refractivity contribution in [3.05, 3.63) is 58.3 Å². The van der Waals surface area contributed by atoms with E-state index in [1.807, 2.05) is 22.9 Å². The van der Waals surface area contributed by atoms with E-state index in [4.69, 9.17) is 4.74 Å². The summed E-state index contributed by atoms with van der Waals surface area (Å²) in [5, 5.41) is 7.33. The van der Waals surface area contributed by atoms with Crippen LogP contribution in [-0.2, 0) is 14.8 Å². The van der Waals surface area contributed by atoms with Crippen molar-refractivity contribution in [1.29, 1.82) is 0 Å². The fourth-order valence-electron chi connectivity index (χ4n) is 2.77. The first-order valence-electron chi connectivity index (χ1n) is 8.05. The molecule has 6 nitrogen and oxygen atoms in total. The molecule has 0 radical (unpaired) electrons. The summed E-state index contributed by atoms with van der Waals surface area (Å²) in [4.78, 5) is 13.7. The number of hydrogen-bond donors (Lipinski definition) is 1. The number of anilines is 1. The van der Waals surface area contributed by atoms with Crippen LogP contribution in [0.3, 0.4) is 0 Å². The summed E-state index contributed by atoms with van der Waals surface area (Å²) in [6, 6.07) is 10.4. The van der Waals surface area contributed by atoms with E-state index >= 15 is 0 Å². The van der Waals surface area contributed by atoms with E-state index in [9.17, 15) is 13.2 Å². The van der Waals surface area contributed by atoms with E-state index in [1.54, 1.807) is 25.1 Å². The fraction of sp³-hybridized carbons (Fsp3) is 0.111. The molecule has 2 aromatic heterocycles. The molecule has 27 heavy (non-hydrogen) atoms. The standard InChI is InChI=1S/C18H14N2O4S3/c1-2-24-18(21)15-12(13-7-5-9-25-13)10-26-17(15)19-16-11-6-3-4-8-14(11)27(22,23)20-16/h3-10H,2H2,1H3,(H,19,20). The Balaban J connectivity index is 1.79. The van der Waals surface area contributed by atoms with Crippen LogP contribution < -0.4 is 5.32 Å². The van der Waals surface area contributed by atoms with Crippen molar-refractivity contribution in [1.82, 2.24) is 0 Å². The highest BCUT2D eigenvalue weighted by Crippen LogP contribution is 2.39. The van der Waals surface area contributed by atoms with Crippen LogP contribution in [-0.4, -0.2) is 26.8 Å². The number of esters is 1. The topological polar surface area (TPSA) is 84.8 Å². The van der Waals surface area contributed by atoms with Gasteiger partial charge in [0.15, 0.2) is 5.84 Å². The minimum Gasteiger partial charge on any atom is -0.462 e. The molecule has 3 aromatic rings. The maximum Gasteiger partial charge on any atom is 0.341 e. The summed E-state index contributed by atoms with van der Waals surface area (Å²) in [6.45, 7) is 1.99. The normalized spacial score (nSPS) is 14.5. The summed E-state index contributed by atoms with van der Waals surface area (Å²) >= 11 is 2.82. The Morgan fingerprint density at radius 3 is 2.70 bits per heavy atom. The average molecular weight is 419 g/mol. The lowest BCUT2D eigenvalue weighted by Gasteiger charge is -2.09. The Labute approximate surface area is 164 Å². The molecular weight excluding hydrogens is 404 g/mol. The third-order valence-corrected chi connectivity index (χ3v) is 7.05. The highest BCUT2D eigenvalue weighted by Gasteiger charge is 2.30. The zero-order valence-corrected chi connectivity index (χ0v) is 16.6. The molecule has 1 aliphatic heterocycles. The van der Waals surface area contributed by atoms with Gasteiger partial charge in [-0.25, -0.2) is 4.79 Å². The van der Waals surface area contributed by atoms with E-state index in [0.29, 0.717) is 16.1 Å². The number of nitrogens with zero attached hydrogens (tertiary/aromatic N) is 1. The third-order valence-electron chi connectivity index (χ3n) is 3.92. The van der Waals surface area contributed by atoms with Gasteiger partial charge in [-0.2, -0.15) is 8.42 Å². The predicted molar refractivity (Wildman–Crippen MR) is 107 cm³/mol. The van der Waals surface area contributed by atoms with Crippen molar-refractivity contribution in [2.24, 2.45) is 4.40 Å². The predicted octanol–water partition coefficient (Wildman–Crippen LogP) is 4.21. The summed E-state index contributed by atoms with van der Waals surface area (Å²) < 4.78 is 33.6. The number of fused-ring (bicyclic) bond motifs is 1. The lowest BCUT2D eigenvalue weighted by Crippen LogP contribution is -2.14. The Morgan fingerprint density at radius 2 is 1.96 bits per heavy atom. The lowest BCUT2D eigenvalue weighted by molar-refractivity contribution is 0.0529. The van der Waals surface area contributed by atoms with E-state index in [1.165, 1.54) is 28.7 Å². The van der Waals surface area contributed by atoms with Gasteiger partial charge in [0.1, 0.15) is 15.5 Å². The first kappa shape index (κ1) is 17.9. The fourth-order valence-corrected chi connectivity index (χ4v) is 5.72. The molecule has 0 fully saturated rings. The van der Waals surface area contributed by atoms with Crippen LogP contribution in [0.4, 0.5) is 5.00 Å². The number of carbonyl (C=O) groups excluding carboxylic acids is 1. The van der Waals surface area contributed by atoms with Crippen LogP contribution in [0.5, 0.6) is 0 Å². The van der Waals surface area contributed by atoms with Crippen molar-refractivity contribution >= 4 is 49.5 Å². The molecule has 0 atom stereocenters. The minimum atomic E-state index is -3.74. The number of sulfonamides is 1. The number of carbonyl (C=O) groups is 1. The van der Waals surface area contributed by atoms with Crippen molar-refractivity contribution in [3.63, 3.8) is 0 Å². The maximum atomic E-state index is 12.6. The van der Waals surface area contributed by atoms with Gasteiger partial charge in [0.25, 0.3) is 10.0 Å². The minimum absolute atomic E-state index is 0.153. The Bertz CT molecular complexity index is 1150. The zero-order valence-electron chi connectivity index (χ0n) is 14.1. The first-order chi connectivity index (χ1) is 13.0. The third kappa shape index (κ3) is 3.18. The Kier molecular flexibility index (Phi) is 4.58. The van der Waals surface area contributed by atoms with Gasteiger partial charge in [-0.15, -0.1) is 27.1 Å². The molecule has 1 aliphatic rings. The zero-order chi connectivity index (χ0) is 19.0. The Hall–Kier alpha value is -2.49. The second kappa shape index (κ2) is 6.91. The number of benzene rings is 1. The molecule has 0 amide bonds. The van der Waals surface area contributed by atoms with Gasteiger partial charge in [0.05, 0.1) is 6.61 Å². The van der Waals surface area contributed by atoms with Crippen LogP contribution in [0.25, 0.3) is 10.4 Å². The largest absolute Gasteiger partial charge is 0.462 e. The van der Waals surface area contributed by atoms with Crippen molar-refractivity contribution < 1.29 is 17.9 Å². The van der Waals surface area contributed by atoms with Crippen LogP contribution in [0.2, 0.25) is 0 Å². The number of nitrogens with one attached hydrogen (secondary N) is 1. The molecular formula is C18H14N2O4S3. The lowest BCUT2D eigenvalue weighted by atomic mass is 10.1. The van der Waals surface area contributed by atoms with E-state index in [0.717, 1.165) is 10.4 Å². The van der Waals surface area contributed by atoms with Gasteiger partial charge in [0.2, 0.25) is 0 Å². The van der Waals surface area contributed by atoms with Gasteiger partial charge in [-0.3, -0.25) is 0 Å². The average Bonchev–Trinajstić information content (AvgIpc) is 3.35. The summed E-state index contributed by atoms with van der Waals surface area (Å²) in [5.41, 5.74) is 1.62. The van der Waals surface area contributed by atoms with Gasteiger partial charge in [-0.1, -0.05) is 18.2 Å². The maximum absolute atomic E-state index is 12.6. The number of amidine groups is 1. The molecule has 0 saturated heterocycles. The number of thiophene rings is 2.